The minimum absolute atomic E-state index is 0.00314. The van der Waals surface area contributed by atoms with Crippen LogP contribution in [0.1, 0.15) is 135 Å². The van der Waals surface area contributed by atoms with E-state index in [1.165, 1.54) is 36.8 Å². The summed E-state index contributed by atoms with van der Waals surface area (Å²) in [6, 6.07) is 29.7. The highest BCUT2D eigenvalue weighted by Gasteiger charge is 2.35. The van der Waals surface area contributed by atoms with Gasteiger partial charge in [0.05, 0.1) is 38.1 Å². The molecule has 4 aromatic rings. The van der Waals surface area contributed by atoms with Gasteiger partial charge < -0.3 is 46.0 Å². The highest BCUT2D eigenvalue weighted by atomic mass is 35.5. The second kappa shape index (κ2) is 32.2. The van der Waals surface area contributed by atoms with Crippen molar-refractivity contribution in [1.82, 2.24) is 40.9 Å². The lowest BCUT2D eigenvalue weighted by Crippen LogP contribution is -2.50. The largest absolute Gasteiger partial charge is 0.481 e. The van der Waals surface area contributed by atoms with Crippen LogP contribution in [0.15, 0.2) is 97.1 Å². The van der Waals surface area contributed by atoms with Crippen LogP contribution in [0.4, 0.5) is 0 Å². The average molecular weight is 1180 g/mol. The first kappa shape index (κ1) is 62.8. The molecular formula is C62H82Cl4N8O6. The van der Waals surface area contributed by atoms with Gasteiger partial charge in [-0.05, 0) is 138 Å². The molecular weight excluding hydrogens is 1090 g/mol. The molecule has 0 unspecified atom stereocenters. The van der Waals surface area contributed by atoms with E-state index in [1.807, 2.05) is 29.2 Å². The SMILES string of the molecule is CC[C@H](CN1CC[C@@H](CNC(=O)c2ccc(Cl)c(Cl)c2)N[C@@H](CCN2CCC(C(=O)O)CC2)C1=O)c1ccccc1.CC[C@H](CN1CC[C@@H](CNC(=O)c2ccc(Cl)c(Cl)c2)N[C@@H](CCN2CCCCCC2)C1=O)c1ccccc1. The summed E-state index contributed by atoms with van der Waals surface area (Å²) in [5.41, 5.74) is 3.41. The Morgan fingerprint density at radius 1 is 0.550 bits per heavy atom. The third kappa shape index (κ3) is 18.9. The number of carboxylic acid groups (broad SMARTS) is 1. The van der Waals surface area contributed by atoms with E-state index in [1.54, 1.807) is 36.4 Å². The number of hydrogen-bond donors (Lipinski definition) is 5. The normalized spacial score (nSPS) is 21.5. The molecule has 0 spiro atoms. The van der Waals surface area contributed by atoms with Gasteiger partial charge in [0.2, 0.25) is 11.8 Å². The van der Waals surface area contributed by atoms with Gasteiger partial charge in [-0.15, -0.1) is 0 Å². The monoisotopic (exact) mass is 1170 g/mol. The van der Waals surface area contributed by atoms with E-state index in [0.29, 0.717) is 109 Å². The van der Waals surface area contributed by atoms with Crippen molar-refractivity contribution in [2.24, 2.45) is 5.92 Å². The van der Waals surface area contributed by atoms with Crippen LogP contribution in [-0.4, -0.2) is 157 Å². The number of carbonyl (C=O) groups excluding carboxylic acids is 4. The molecule has 0 saturated carbocycles. The zero-order valence-electron chi connectivity index (χ0n) is 46.5. The molecule has 4 aliphatic rings. The van der Waals surface area contributed by atoms with Crippen molar-refractivity contribution >= 4 is 76.0 Å². The zero-order chi connectivity index (χ0) is 57.0. The quantitative estimate of drug-likeness (QED) is 0.0542. The Bertz CT molecular complexity index is 2620. The predicted molar refractivity (Wildman–Crippen MR) is 321 cm³/mol. The van der Waals surface area contributed by atoms with Crippen LogP contribution in [0, 0.1) is 5.92 Å². The number of nitrogens with zero attached hydrogens (tertiary/aromatic N) is 4. The smallest absolute Gasteiger partial charge is 0.306 e. The number of halogens is 4. The summed E-state index contributed by atoms with van der Waals surface area (Å²) in [5, 5.41) is 24.0. The highest BCUT2D eigenvalue weighted by Crippen LogP contribution is 2.27. The molecule has 0 radical (unpaired) electrons. The molecule has 4 amide bonds. The minimum atomic E-state index is -0.726. The Morgan fingerprint density at radius 2 is 0.963 bits per heavy atom. The summed E-state index contributed by atoms with van der Waals surface area (Å²) in [5.74, 6) is -0.656. The van der Waals surface area contributed by atoms with Gasteiger partial charge in [0, 0.05) is 87.4 Å². The first-order valence-electron chi connectivity index (χ1n) is 29.0. The van der Waals surface area contributed by atoms with Gasteiger partial charge in [-0.25, -0.2) is 0 Å². The molecule has 6 atom stereocenters. The Labute approximate surface area is 494 Å². The van der Waals surface area contributed by atoms with E-state index in [0.717, 1.165) is 58.4 Å². The average Bonchev–Trinajstić information content (AvgIpc) is 3.89. The van der Waals surface area contributed by atoms with Gasteiger partial charge in [0.25, 0.3) is 11.8 Å². The van der Waals surface area contributed by atoms with Crippen molar-refractivity contribution in [3.63, 3.8) is 0 Å². The summed E-state index contributed by atoms with van der Waals surface area (Å²) in [6.07, 6.45) is 11.1. The molecule has 434 valence electrons. The third-order valence-electron chi connectivity index (χ3n) is 16.5. The molecule has 0 aromatic heterocycles. The molecule has 0 aliphatic carbocycles. The third-order valence-corrected chi connectivity index (χ3v) is 18.0. The van der Waals surface area contributed by atoms with Gasteiger partial charge in [-0.2, -0.15) is 0 Å². The number of carboxylic acids is 1. The number of hydrogen-bond acceptors (Lipinski definition) is 9. The van der Waals surface area contributed by atoms with Crippen molar-refractivity contribution in [3.8, 4) is 0 Å². The number of nitrogens with one attached hydrogen (secondary N) is 4. The number of amides is 4. The molecule has 4 heterocycles. The topological polar surface area (TPSA) is 167 Å². The van der Waals surface area contributed by atoms with Gasteiger partial charge in [0.15, 0.2) is 0 Å². The van der Waals surface area contributed by atoms with Crippen LogP contribution in [0.25, 0.3) is 0 Å². The number of piperidine rings is 1. The van der Waals surface area contributed by atoms with Crippen LogP contribution >= 0.6 is 46.4 Å². The molecule has 8 rings (SSSR count). The Morgan fingerprint density at radius 3 is 1.35 bits per heavy atom. The highest BCUT2D eigenvalue weighted by molar-refractivity contribution is 6.42. The van der Waals surface area contributed by atoms with Crippen LogP contribution < -0.4 is 21.3 Å². The van der Waals surface area contributed by atoms with Gasteiger partial charge in [0.1, 0.15) is 0 Å². The second-order valence-electron chi connectivity index (χ2n) is 22.0. The standard InChI is InChI=1S/C31H40Cl2N4O4.C31H42Cl2N4O2/c1-2-21(22-6-4-3-5-7-22)20-37-17-12-25(19-34-29(38)24-8-9-26(32)27(33)18-24)35-28(30(37)39)13-16-36-14-10-23(11-15-36)31(40)41;1-2-23(24-10-6-5-7-11-24)22-37-19-14-26(21-34-30(38)25-12-13-27(32)28(33)20-25)35-29(31(37)39)15-18-36-16-8-3-4-9-17-36/h3-9,18,21,23,25,28,35H,2,10-17,19-20H2,1H3,(H,34,38)(H,40,41);5-7,10-13,20,23,26,29,35H,2-4,8-9,14-19,21-22H2,1H3,(H,34,38)/t21-,25+,28+;23-,26+,29+/m11/s1. The molecule has 4 saturated heterocycles. The van der Waals surface area contributed by atoms with E-state index < -0.39 is 12.0 Å². The summed E-state index contributed by atoms with van der Waals surface area (Å²) in [7, 11) is 0. The number of carbonyl (C=O) groups is 5. The van der Waals surface area contributed by atoms with Gasteiger partial charge in [-0.1, -0.05) is 134 Å². The molecule has 4 aromatic carbocycles. The predicted octanol–water partition coefficient (Wildman–Crippen LogP) is 10.4. The van der Waals surface area contributed by atoms with Gasteiger partial charge in [-0.3, -0.25) is 24.0 Å². The molecule has 14 nitrogen and oxygen atoms in total. The zero-order valence-corrected chi connectivity index (χ0v) is 49.6. The summed E-state index contributed by atoms with van der Waals surface area (Å²) >= 11 is 24.2. The van der Waals surface area contributed by atoms with Gasteiger partial charge >= 0.3 is 5.97 Å². The fourth-order valence-corrected chi connectivity index (χ4v) is 12.1. The molecule has 5 N–H and O–H groups in total. The van der Waals surface area contributed by atoms with Crippen LogP contribution in [-0.2, 0) is 14.4 Å². The van der Waals surface area contributed by atoms with Crippen LogP contribution in [0.2, 0.25) is 20.1 Å². The minimum Gasteiger partial charge on any atom is -0.481 e. The maximum atomic E-state index is 13.9. The number of likely N-dealkylation sites (tertiary alicyclic amines) is 2. The Hall–Kier alpha value is -4.77. The van der Waals surface area contributed by atoms with Crippen LogP contribution in [0.3, 0.4) is 0 Å². The van der Waals surface area contributed by atoms with E-state index >= 15 is 0 Å². The van der Waals surface area contributed by atoms with Crippen LogP contribution in [0.5, 0.6) is 0 Å². The molecule has 0 bridgehead atoms. The molecule has 4 fully saturated rings. The van der Waals surface area contributed by atoms with E-state index in [4.69, 9.17) is 46.4 Å². The summed E-state index contributed by atoms with van der Waals surface area (Å²) in [6.45, 7) is 13.1. The Kier molecular flexibility index (Phi) is 25.3. The second-order valence-corrected chi connectivity index (χ2v) is 23.6. The summed E-state index contributed by atoms with van der Waals surface area (Å²) in [4.78, 5) is 73.6. The van der Waals surface area contributed by atoms with Crippen molar-refractivity contribution in [2.45, 2.75) is 127 Å². The van der Waals surface area contributed by atoms with E-state index in [2.05, 4.69) is 86.2 Å². The number of aliphatic carboxylic acids is 1. The van der Waals surface area contributed by atoms with E-state index in [-0.39, 0.29) is 53.6 Å². The first-order chi connectivity index (χ1) is 38.7. The fourth-order valence-electron chi connectivity index (χ4n) is 11.5. The molecule has 4 aliphatic heterocycles. The fraction of sp³-hybridized carbons (Fsp3) is 0.532. The maximum absolute atomic E-state index is 13.9. The maximum Gasteiger partial charge on any atom is 0.306 e. The van der Waals surface area contributed by atoms with Crippen molar-refractivity contribution in [2.75, 3.05) is 78.5 Å². The number of benzene rings is 4. The van der Waals surface area contributed by atoms with Crippen molar-refractivity contribution < 1.29 is 29.1 Å². The Balaban J connectivity index is 0.000000231. The van der Waals surface area contributed by atoms with Crippen molar-refractivity contribution in [3.05, 3.63) is 139 Å². The molecule has 18 heteroatoms. The lowest BCUT2D eigenvalue weighted by molar-refractivity contribution is -0.143. The van der Waals surface area contributed by atoms with E-state index in [9.17, 15) is 29.1 Å². The number of rotatable bonds is 21. The lowest BCUT2D eigenvalue weighted by Gasteiger charge is -2.32. The van der Waals surface area contributed by atoms with Crippen molar-refractivity contribution in [1.29, 1.82) is 0 Å². The lowest BCUT2D eigenvalue weighted by atomic mass is 9.95. The summed E-state index contributed by atoms with van der Waals surface area (Å²) < 4.78 is 0. The molecule has 80 heavy (non-hydrogen) atoms. The first-order valence-corrected chi connectivity index (χ1v) is 30.5.